The summed E-state index contributed by atoms with van der Waals surface area (Å²) in [5, 5.41) is 3.34. The van der Waals surface area contributed by atoms with E-state index >= 15 is 0 Å². The number of fused-ring (bicyclic) bond motifs is 1. The molecule has 2 aromatic rings. The fourth-order valence-electron chi connectivity index (χ4n) is 5.19. The van der Waals surface area contributed by atoms with Gasteiger partial charge in [0, 0.05) is 32.6 Å². The molecule has 3 atom stereocenters. The molecule has 2 saturated heterocycles. The van der Waals surface area contributed by atoms with E-state index in [1.165, 1.54) is 24.1 Å². The number of carbonyl (C=O) groups is 1. The number of likely N-dealkylation sites (N-methyl/N-ethyl adjacent to an activating group) is 1. The highest BCUT2D eigenvalue weighted by molar-refractivity contribution is 5.75. The van der Waals surface area contributed by atoms with E-state index < -0.39 is 29.3 Å². The summed E-state index contributed by atoms with van der Waals surface area (Å²) in [5.41, 5.74) is -2.14. The highest BCUT2D eigenvalue weighted by Gasteiger charge is 2.44. The lowest BCUT2D eigenvalue weighted by Gasteiger charge is -2.44. The summed E-state index contributed by atoms with van der Waals surface area (Å²) in [6.45, 7) is 1.87. The van der Waals surface area contributed by atoms with E-state index in [1.54, 1.807) is 17.0 Å². The van der Waals surface area contributed by atoms with Crippen LogP contribution in [0, 0.1) is 17.7 Å². The highest BCUT2D eigenvalue weighted by atomic mass is 19.4. The summed E-state index contributed by atoms with van der Waals surface area (Å²) >= 11 is 0. The van der Waals surface area contributed by atoms with Crippen LogP contribution in [-0.2, 0) is 18.8 Å². The Morgan fingerprint density at radius 2 is 1.61 bits per heavy atom. The second-order valence-corrected chi connectivity index (χ2v) is 9.43. The number of hydrogen-bond acceptors (Lipinski definition) is 2. The molecule has 0 spiro atoms. The van der Waals surface area contributed by atoms with Gasteiger partial charge in [0.15, 0.2) is 0 Å². The van der Waals surface area contributed by atoms with E-state index in [-0.39, 0.29) is 42.6 Å². The number of likely N-dealkylation sites (tertiary alicyclic amines) is 1. The van der Waals surface area contributed by atoms with Crippen LogP contribution in [0.2, 0.25) is 0 Å². The Kier molecular flexibility index (Phi) is 7.23. The van der Waals surface area contributed by atoms with Crippen molar-refractivity contribution in [1.82, 2.24) is 15.1 Å². The van der Waals surface area contributed by atoms with Crippen molar-refractivity contribution in [3.63, 3.8) is 0 Å². The SMILES string of the molecule is CN(CCc1cc(C(F)(F)F)cc(C(F)(F)F)c1)C(=O)N1CCC2CNCC2C1c1ccc(F)cc1. The minimum absolute atomic E-state index is 0.0730. The Hall–Kier alpha value is -2.82. The normalized spacial score (nSPS) is 22.4. The molecule has 0 saturated carbocycles. The summed E-state index contributed by atoms with van der Waals surface area (Å²) in [5.74, 6) is 0.0599. The molecule has 2 heterocycles. The largest absolute Gasteiger partial charge is 0.416 e. The minimum Gasteiger partial charge on any atom is -0.327 e. The molecule has 1 N–H and O–H groups in total. The molecule has 0 bridgehead atoms. The smallest absolute Gasteiger partial charge is 0.327 e. The molecule has 0 aromatic heterocycles. The van der Waals surface area contributed by atoms with E-state index in [4.69, 9.17) is 0 Å². The Morgan fingerprint density at radius 1 is 1.00 bits per heavy atom. The lowest BCUT2D eigenvalue weighted by atomic mass is 9.79. The molecular weight excluding hydrogens is 491 g/mol. The van der Waals surface area contributed by atoms with Crippen molar-refractivity contribution in [2.45, 2.75) is 31.2 Å². The predicted molar refractivity (Wildman–Crippen MR) is 118 cm³/mol. The fourth-order valence-corrected chi connectivity index (χ4v) is 5.19. The second kappa shape index (κ2) is 9.91. The van der Waals surface area contributed by atoms with Gasteiger partial charge in [0.1, 0.15) is 5.82 Å². The average molecular weight is 517 g/mol. The first-order valence-electron chi connectivity index (χ1n) is 11.6. The van der Waals surface area contributed by atoms with Gasteiger partial charge in [0.2, 0.25) is 0 Å². The molecule has 0 radical (unpaired) electrons. The van der Waals surface area contributed by atoms with Crippen LogP contribution in [0.4, 0.5) is 35.5 Å². The van der Waals surface area contributed by atoms with Gasteiger partial charge in [-0.3, -0.25) is 0 Å². The maximum atomic E-state index is 13.5. The van der Waals surface area contributed by atoms with Crippen LogP contribution in [0.25, 0.3) is 0 Å². The van der Waals surface area contributed by atoms with Gasteiger partial charge in [-0.05, 0) is 66.8 Å². The Balaban J connectivity index is 1.53. The lowest BCUT2D eigenvalue weighted by molar-refractivity contribution is -0.143. The van der Waals surface area contributed by atoms with E-state index in [0.717, 1.165) is 18.5 Å². The Morgan fingerprint density at radius 3 is 2.19 bits per heavy atom. The number of rotatable bonds is 4. The van der Waals surface area contributed by atoms with Crippen molar-refractivity contribution < 1.29 is 35.5 Å². The first kappa shape index (κ1) is 26.2. The van der Waals surface area contributed by atoms with Gasteiger partial charge >= 0.3 is 18.4 Å². The van der Waals surface area contributed by atoms with Crippen LogP contribution in [0.5, 0.6) is 0 Å². The van der Waals surface area contributed by atoms with Crippen LogP contribution in [-0.4, -0.2) is 49.1 Å². The number of nitrogens with one attached hydrogen (secondary N) is 1. The van der Waals surface area contributed by atoms with Crippen molar-refractivity contribution in [3.8, 4) is 0 Å². The number of nitrogens with zero attached hydrogens (tertiary/aromatic N) is 2. The van der Waals surface area contributed by atoms with Gasteiger partial charge in [-0.15, -0.1) is 0 Å². The zero-order valence-corrected chi connectivity index (χ0v) is 19.5. The third-order valence-corrected chi connectivity index (χ3v) is 7.04. The number of urea groups is 1. The topological polar surface area (TPSA) is 35.6 Å². The van der Waals surface area contributed by atoms with Gasteiger partial charge in [-0.2, -0.15) is 26.3 Å². The number of halogens is 7. The maximum absolute atomic E-state index is 13.5. The molecule has 2 fully saturated rings. The predicted octanol–water partition coefficient (Wildman–Crippen LogP) is 5.74. The summed E-state index contributed by atoms with van der Waals surface area (Å²) in [6.07, 6.45) is -9.28. The van der Waals surface area contributed by atoms with Crippen LogP contribution >= 0.6 is 0 Å². The molecule has 11 heteroatoms. The molecule has 4 nitrogen and oxygen atoms in total. The number of alkyl halides is 6. The molecule has 2 aliphatic heterocycles. The molecule has 0 aliphatic carbocycles. The quantitative estimate of drug-likeness (QED) is 0.525. The average Bonchev–Trinajstić information content (AvgIpc) is 3.30. The van der Waals surface area contributed by atoms with Crippen LogP contribution in [0.3, 0.4) is 0 Å². The molecular formula is C25H26F7N3O. The number of piperidine rings is 1. The summed E-state index contributed by atoms with van der Waals surface area (Å²) in [6, 6.07) is 6.71. The Bertz CT molecular complexity index is 1050. The van der Waals surface area contributed by atoms with Crippen LogP contribution in [0.1, 0.15) is 34.7 Å². The molecule has 2 aliphatic rings. The van der Waals surface area contributed by atoms with Gasteiger partial charge in [0.05, 0.1) is 17.2 Å². The molecule has 36 heavy (non-hydrogen) atoms. The monoisotopic (exact) mass is 517 g/mol. The van der Waals surface area contributed by atoms with Crippen molar-refractivity contribution >= 4 is 6.03 Å². The molecule has 2 aromatic carbocycles. The van der Waals surface area contributed by atoms with Gasteiger partial charge in [-0.1, -0.05) is 12.1 Å². The van der Waals surface area contributed by atoms with Crippen molar-refractivity contribution in [1.29, 1.82) is 0 Å². The fraction of sp³-hybridized carbons (Fsp3) is 0.480. The van der Waals surface area contributed by atoms with Gasteiger partial charge in [0.25, 0.3) is 0 Å². The molecule has 2 amide bonds. The molecule has 4 rings (SSSR count). The minimum atomic E-state index is -4.93. The van der Waals surface area contributed by atoms with Crippen LogP contribution in [0.15, 0.2) is 42.5 Å². The summed E-state index contributed by atoms with van der Waals surface area (Å²) in [4.78, 5) is 16.4. The first-order chi connectivity index (χ1) is 16.8. The summed E-state index contributed by atoms with van der Waals surface area (Å²) < 4.78 is 92.6. The highest BCUT2D eigenvalue weighted by Crippen LogP contribution is 2.42. The van der Waals surface area contributed by atoms with Crippen molar-refractivity contribution in [2.75, 3.05) is 33.2 Å². The van der Waals surface area contributed by atoms with Gasteiger partial charge < -0.3 is 15.1 Å². The van der Waals surface area contributed by atoms with E-state index in [2.05, 4.69) is 5.32 Å². The van der Waals surface area contributed by atoms with Crippen LogP contribution < -0.4 is 5.32 Å². The van der Waals surface area contributed by atoms with Gasteiger partial charge in [-0.25, -0.2) is 9.18 Å². The molecule has 196 valence electrons. The standard InChI is InChI=1S/C25H26F7N3O/c1-34(8-6-15-10-18(24(27,28)29)12-19(11-15)25(30,31)32)23(36)35-9-7-17-13-33-14-21(17)22(35)16-2-4-20(26)5-3-16/h2-5,10-12,17,21-22,33H,6-9,13-14H2,1H3. The third kappa shape index (κ3) is 5.61. The zero-order valence-electron chi connectivity index (χ0n) is 19.5. The van der Waals surface area contributed by atoms with Crippen molar-refractivity contribution in [2.24, 2.45) is 11.8 Å². The molecule has 3 unspecified atom stereocenters. The van der Waals surface area contributed by atoms with Crippen molar-refractivity contribution in [3.05, 3.63) is 70.5 Å². The summed E-state index contributed by atoms with van der Waals surface area (Å²) in [7, 11) is 1.47. The third-order valence-electron chi connectivity index (χ3n) is 7.04. The number of hydrogen-bond donors (Lipinski definition) is 1. The maximum Gasteiger partial charge on any atom is 0.416 e. The number of amides is 2. The number of carbonyl (C=O) groups excluding carboxylic acids is 1. The lowest BCUT2D eigenvalue weighted by Crippen LogP contribution is -2.50. The Labute approximate surface area is 204 Å². The van der Waals surface area contributed by atoms with E-state index in [1.807, 2.05) is 0 Å². The van der Waals surface area contributed by atoms with E-state index in [9.17, 15) is 35.5 Å². The second-order valence-electron chi connectivity index (χ2n) is 9.43. The zero-order chi connectivity index (χ0) is 26.3. The van der Waals surface area contributed by atoms with E-state index in [0.29, 0.717) is 31.1 Å². The number of benzene rings is 2. The first-order valence-corrected chi connectivity index (χ1v) is 11.6.